The minimum Gasteiger partial charge on any atom is -0.319 e. The number of rotatable bonds is 3. The van der Waals surface area contributed by atoms with E-state index in [0.717, 1.165) is 23.6 Å². The Balaban J connectivity index is 2.11. The summed E-state index contributed by atoms with van der Waals surface area (Å²) in [5.74, 6) is 0.362. The van der Waals surface area contributed by atoms with Gasteiger partial charge in [-0.25, -0.2) is 0 Å². The van der Waals surface area contributed by atoms with Gasteiger partial charge in [-0.2, -0.15) is 0 Å². The van der Waals surface area contributed by atoms with E-state index in [0.29, 0.717) is 11.5 Å². The minimum atomic E-state index is -0.746. The molecular formula is C15H16N2O. The molecule has 0 saturated heterocycles. The Morgan fingerprint density at radius 1 is 1.39 bits per heavy atom. The lowest BCUT2D eigenvalue weighted by molar-refractivity contribution is 0.0885. The van der Waals surface area contributed by atoms with Crippen molar-refractivity contribution in [3.8, 4) is 0 Å². The third-order valence-corrected chi connectivity index (χ3v) is 3.84. The van der Waals surface area contributed by atoms with Gasteiger partial charge in [-0.05, 0) is 37.1 Å². The first-order valence-electron chi connectivity index (χ1n) is 6.27. The van der Waals surface area contributed by atoms with Crippen LogP contribution in [0.25, 0.3) is 10.8 Å². The van der Waals surface area contributed by atoms with Crippen molar-refractivity contribution in [3.63, 3.8) is 0 Å². The van der Waals surface area contributed by atoms with Gasteiger partial charge in [0, 0.05) is 23.3 Å². The fourth-order valence-corrected chi connectivity index (χ4v) is 2.47. The molecule has 0 aliphatic heterocycles. The van der Waals surface area contributed by atoms with Crippen molar-refractivity contribution in [3.05, 3.63) is 42.2 Å². The minimum absolute atomic E-state index is 0.0311. The SMILES string of the molecule is CC(N)(C(=O)c1cccc2ccncc12)C1CC1. The smallest absolute Gasteiger partial charge is 0.183 e. The largest absolute Gasteiger partial charge is 0.319 e. The summed E-state index contributed by atoms with van der Waals surface area (Å²) >= 11 is 0. The normalized spacial score (nSPS) is 18.6. The van der Waals surface area contributed by atoms with Crippen LogP contribution in [-0.4, -0.2) is 16.3 Å². The number of carbonyl (C=O) groups excluding carboxylic acids is 1. The van der Waals surface area contributed by atoms with Crippen molar-refractivity contribution in [2.24, 2.45) is 11.7 Å². The lowest BCUT2D eigenvalue weighted by Crippen LogP contribution is -2.47. The van der Waals surface area contributed by atoms with Crippen molar-refractivity contribution in [2.75, 3.05) is 0 Å². The monoisotopic (exact) mass is 240 g/mol. The number of nitrogens with two attached hydrogens (primary N) is 1. The summed E-state index contributed by atoms with van der Waals surface area (Å²) in [5.41, 5.74) is 6.16. The molecule has 0 spiro atoms. The Kier molecular flexibility index (Phi) is 2.45. The molecule has 18 heavy (non-hydrogen) atoms. The van der Waals surface area contributed by atoms with Crippen LogP contribution in [0.4, 0.5) is 0 Å². The zero-order valence-corrected chi connectivity index (χ0v) is 10.4. The number of Topliss-reactive ketones (excluding diaryl/α,β-unsaturated/α-hetero) is 1. The van der Waals surface area contributed by atoms with Gasteiger partial charge in [0.05, 0.1) is 5.54 Å². The zero-order valence-electron chi connectivity index (χ0n) is 10.4. The molecule has 92 valence electrons. The van der Waals surface area contributed by atoms with Crippen LogP contribution in [0.5, 0.6) is 0 Å². The Morgan fingerprint density at radius 3 is 2.89 bits per heavy atom. The standard InChI is InChI=1S/C15H16N2O/c1-15(16,11-5-6-11)14(18)12-4-2-3-10-7-8-17-9-13(10)12/h2-4,7-9,11H,5-6,16H2,1H3. The zero-order chi connectivity index (χ0) is 12.8. The average Bonchev–Trinajstić information content (AvgIpc) is 3.22. The molecule has 3 heteroatoms. The number of ketones is 1. The van der Waals surface area contributed by atoms with Gasteiger partial charge in [0.15, 0.2) is 5.78 Å². The number of benzene rings is 1. The van der Waals surface area contributed by atoms with Gasteiger partial charge in [-0.15, -0.1) is 0 Å². The Bertz CT molecular complexity index is 609. The fourth-order valence-electron chi connectivity index (χ4n) is 2.47. The second kappa shape index (κ2) is 3.89. The summed E-state index contributed by atoms with van der Waals surface area (Å²) in [4.78, 5) is 16.7. The highest BCUT2D eigenvalue weighted by molar-refractivity contribution is 6.12. The van der Waals surface area contributed by atoms with Crippen molar-refractivity contribution in [1.29, 1.82) is 0 Å². The van der Waals surface area contributed by atoms with Crippen LogP contribution >= 0.6 is 0 Å². The average molecular weight is 240 g/mol. The van der Waals surface area contributed by atoms with Gasteiger partial charge in [0.2, 0.25) is 0 Å². The van der Waals surface area contributed by atoms with Gasteiger partial charge < -0.3 is 5.73 Å². The summed E-state index contributed by atoms with van der Waals surface area (Å²) in [7, 11) is 0. The molecular weight excluding hydrogens is 224 g/mol. The van der Waals surface area contributed by atoms with E-state index < -0.39 is 5.54 Å². The first-order chi connectivity index (χ1) is 8.60. The number of aromatic nitrogens is 1. The van der Waals surface area contributed by atoms with Crippen molar-refractivity contribution < 1.29 is 4.79 Å². The first kappa shape index (κ1) is 11.4. The highest BCUT2D eigenvalue weighted by atomic mass is 16.1. The van der Waals surface area contributed by atoms with E-state index in [1.54, 1.807) is 12.4 Å². The molecule has 1 unspecified atom stereocenters. The molecule has 2 N–H and O–H groups in total. The molecule has 1 fully saturated rings. The lowest BCUT2D eigenvalue weighted by atomic mass is 9.86. The molecule has 1 aromatic heterocycles. The maximum Gasteiger partial charge on any atom is 0.183 e. The predicted molar refractivity (Wildman–Crippen MR) is 71.4 cm³/mol. The van der Waals surface area contributed by atoms with Crippen LogP contribution in [0.1, 0.15) is 30.1 Å². The molecule has 1 saturated carbocycles. The lowest BCUT2D eigenvalue weighted by Gasteiger charge is -2.23. The van der Waals surface area contributed by atoms with Crippen LogP contribution < -0.4 is 5.73 Å². The quantitative estimate of drug-likeness (QED) is 0.839. The Labute approximate surface area is 106 Å². The maximum absolute atomic E-state index is 12.6. The van der Waals surface area contributed by atoms with Gasteiger partial charge in [-0.3, -0.25) is 9.78 Å². The van der Waals surface area contributed by atoms with Crippen LogP contribution in [0.2, 0.25) is 0 Å². The number of nitrogens with zero attached hydrogens (tertiary/aromatic N) is 1. The van der Waals surface area contributed by atoms with Crippen LogP contribution in [-0.2, 0) is 0 Å². The summed E-state index contributed by atoms with van der Waals surface area (Å²) in [6.07, 6.45) is 5.59. The Morgan fingerprint density at radius 2 is 2.17 bits per heavy atom. The van der Waals surface area contributed by atoms with Crippen LogP contribution in [0, 0.1) is 5.92 Å². The van der Waals surface area contributed by atoms with E-state index in [2.05, 4.69) is 4.98 Å². The summed E-state index contributed by atoms with van der Waals surface area (Å²) in [6, 6.07) is 7.65. The van der Waals surface area contributed by atoms with E-state index in [-0.39, 0.29) is 5.78 Å². The van der Waals surface area contributed by atoms with Gasteiger partial charge in [-0.1, -0.05) is 18.2 Å². The second-order valence-electron chi connectivity index (χ2n) is 5.29. The van der Waals surface area contributed by atoms with E-state index >= 15 is 0 Å². The third kappa shape index (κ3) is 1.71. The van der Waals surface area contributed by atoms with Crippen molar-refractivity contribution in [1.82, 2.24) is 4.98 Å². The molecule has 1 atom stereocenters. The van der Waals surface area contributed by atoms with E-state index in [1.165, 1.54) is 0 Å². The van der Waals surface area contributed by atoms with Crippen LogP contribution in [0.15, 0.2) is 36.7 Å². The van der Waals surface area contributed by atoms with E-state index in [4.69, 9.17) is 5.73 Å². The molecule has 0 bridgehead atoms. The second-order valence-corrected chi connectivity index (χ2v) is 5.29. The highest BCUT2D eigenvalue weighted by Gasteiger charge is 2.44. The third-order valence-electron chi connectivity index (χ3n) is 3.84. The molecule has 1 aromatic carbocycles. The van der Waals surface area contributed by atoms with Gasteiger partial charge in [0.25, 0.3) is 0 Å². The predicted octanol–water partition coefficient (Wildman–Crippen LogP) is 2.54. The van der Waals surface area contributed by atoms with Gasteiger partial charge in [0.1, 0.15) is 0 Å². The molecule has 3 nitrogen and oxygen atoms in total. The number of pyridine rings is 1. The van der Waals surface area contributed by atoms with E-state index in [9.17, 15) is 4.79 Å². The van der Waals surface area contributed by atoms with Gasteiger partial charge >= 0.3 is 0 Å². The fraction of sp³-hybridized carbons (Fsp3) is 0.333. The van der Waals surface area contributed by atoms with Crippen molar-refractivity contribution >= 4 is 16.6 Å². The highest BCUT2D eigenvalue weighted by Crippen LogP contribution is 2.40. The van der Waals surface area contributed by atoms with Crippen LogP contribution in [0.3, 0.4) is 0 Å². The summed E-state index contributed by atoms with van der Waals surface area (Å²) in [5, 5.41) is 1.92. The maximum atomic E-state index is 12.6. The summed E-state index contributed by atoms with van der Waals surface area (Å²) < 4.78 is 0. The number of hydrogen-bond donors (Lipinski definition) is 1. The molecule has 0 radical (unpaired) electrons. The van der Waals surface area contributed by atoms with E-state index in [1.807, 2.05) is 31.2 Å². The molecule has 0 amide bonds. The molecule has 1 heterocycles. The number of fused-ring (bicyclic) bond motifs is 1. The van der Waals surface area contributed by atoms with Crippen molar-refractivity contribution in [2.45, 2.75) is 25.3 Å². The number of hydrogen-bond acceptors (Lipinski definition) is 3. The first-order valence-corrected chi connectivity index (χ1v) is 6.27. The molecule has 1 aliphatic rings. The molecule has 2 aromatic rings. The Hall–Kier alpha value is -1.74. The number of carbonyl (C=O) groups is 1. The molecule has 1 aliphatic carbocycles. The molecule has 3 rings (SSSR count). The summed E-state index contributed by atoms with van der Waals surface area (Å²) in [6.45, 7) is 1.85. The topological polar surface area (TPSA) is 56.0 Å².